The van der Waals surface area contributed by atoms with Crippen molar-refractivity contribution in [3.05, 3.63) is 29.8 Å². The molecule has 20 heavy (non-hydrogen) atoms. The number of para-hydroxylation sites is 1. The molecule has 2 rings (SSSR count). The molecule has 2 atom stereocenters. The number of hydrogen-bond donors (Lipinski definition) is 2. The summed E-state index contributed by atoms with van der Waals surface area (Å²) in [5.41, 5.74) is 0.473. The Labute approximate surface area is 119 Å². The molecular weight excluding hydrogens is 256 g/mol. The van der Waals surface area contributed by atoms with E-state index in [9.17, 15) is 5.11 Å². The van der Waals surface area contributed by atoms with E-state index in [0.29, 0.717) is 23.8 Å². The van der Waals surface area contributed by atoms with Gasteiger partial charge in [0, 0.05) is 19.7 Å². The maximum Gasteiger partial charge on any atom is 0.137 e. The third-order valence-corrected chi connectivity index (χ3v) is 3.54. The van der Waals surface area contributed by atoms with E-state index in [1.165, 1.54) is 0 Å². The van der Waals surface area contributed by atoms with E-state index in [2.05, 4.69) is 11.0 Å². The molecule has 0 saturated carbocycles. The molecule has 0 radical (unpaired) electrons. The summed E-state index contributed by atoms with van der Waals surface area (Å²) in [6, 6.07) is 9.05. The second-order valence-electron chi connectivity index (χ2n) is 5.17. The molecule has 1 fully saturated rings. The van der Waals surface area contributed by atoms with Gasteiger partial charge in [-0.3, -0.25) is 0 Å². The molecule has 1 aliphatic rings. The summed E-state index contributed by atoms with van der Waals surface area (Å²) in [7, 11) is 0. The Morgan fingerprint density at radius 2 is 2.25 bits per heavy atom. The zero-order chi connectivity index (χ0) is 14.4. The van der Waals surface area contributed by atoms with Crippen LogP contribution in [0.1, 0.15) is 12.0 Å². The Balaban J connectivity index is 1.78. The minimum Gasteiger partial charge on any atom is -0.489 e. The van der Waals surface area contributed by atoms with Crippen LogP contribution in [-0.2, 0) is 0 Å². The molecule has 0 aromatic heterocycles. The van der Waals surface area contributed by atoms with Gasteiger partial charge in [0.2, 0.25) is 0 Å². The van der Waals surface area contributed by atoms with Gasteiger partial charge in [0.05, 0.1) is 5.56 Å². The maximum absolute atomic E-state index is 9.98. The van der Waals surface area contributed by atoms with Crippen LogP contribution < -0.4 is 4.74 Å². The molecule has 0 aliphatic carbocycles. The lowest BCUT2D eigenvalue weighted by atomic mass is 10.1. The van der Waals surface area contributed by atoms with Gasteiger partial charge in [-0.05, 0) is 31.0 Å². The fourth-order valence-electron chi connectivity index (χ4n) is 2.45. The van der Waals surface area contributed by atoms with E-state index >= 15 is 0 Å². The molecule has 0 amide bonds. The molecule has 1 saturated heterocycles. The number of aliphatic hydroxyl groups is 2. The molecule has 1 heterocycles. The second kappa shape index (κ2) is 7.25. The van der Waals surface area contributed by atoms with E-state index < -0.39 is 6.10 Å². The van der Waals surface area contributed by atoms with Crippen molar-refractivity contribution in [1.29, 1.82) is 5.26 Å². The first-order chi connectivity index (χ1) is 9.72. The minimum atomic E-state index is -0.598. The van der Waals surface area contributed by atoms with Crippen LogP contribution in [0.25, 0.3) is 0 Å². The van der Waals surface area contributed by atoms with Gasteiger partial charge in [0.25, 0.3) is 0 Å². The van der Waals surface area contributed by atoms with Crippen molar-refractivity contribution in [2.45, 2.75) is 12.5 Å². The van der Waals surface area contributed by atoms with Crippen LogP contribution in [0.5, 0.6) is 5.75 Å². The maximum atomic E-state index is 9.98. The van der Waals surface area contributed by atoms with E-state index in [4.69, 9.17) is 15.1 Å². The number of hydrogen-bond acceptors (Lipinski definition) is 5. The van der Waals surface area contributed by atoms with Crippen LogP contribution in [0.3, 0.4) is 0 Å². The lowest BCUT2D eigenvalue weighted by Gasteiger charge is -2.20. The molecule has 0 spiro atoms. The van der Waals surface area contributed by atoms with Crippen molar-refractivity contribution >= 4 is 0 Å². The lowest BCUT2D eigenvalue weighted by Crippen LogP contribution is -2.34. The highest BCUT2D eigenvalue weighted by Gasteiger charge is 2.23. The van der Waals surface area contributed by atoms with Crippen LogP contribution in [-0.4, -0.2) is 54.1 Å². The molecule has 1 aliphatic heterocycles. The van der Waals surface area contributed by atoms with Gasteiger partial charge in [-0.15, -0.1) is 0 Å². The third-order valence-electron chi connectivity index (χ3n) is 3.54. The van der Waals surface area contributed by atoms with Gasteiger partial charge >= 0.3 is 0 Å². The summed E-state index contributed by atoms with van der Waals surface area (Å²) in [6.45, 7) is 2.63. The standard InChI is InChI=1S/C15H20N2O3/c16-7-13-3-1-2-4-15(13)20-11-14(19)9-17-6-5-12(8-17)10-18/h1-4,12,14,18-19H,5-6,8-11H2. The third kappa shape index (κ3) is 3.94. The van der Waals surface area contributed by atoms with Crippen LogP contribution in [0.4, 0.5) is 0 Å². The highest BCUT2D eigenvalue weighted by molar-refractivity contribution is 5.42. The van der Waals surface area contributed by atoms with Gasteiger partial charge in [-0.2, -0.15) is 5.26 Å². The van der Waals surface area contributed by atoms with Crippen LogP contribution in [0.2, 0.25) is 0 Å². The first-order valence-electron chi connectivity index (χ1n) is 6.86. The highest BCUT2D eigenvalue weighted by Crippen LogP contribution is 2.18. The van der Waals surface area contributed by atoms with Crippen LogP contribution >= 0.6 is 0 Å². The van der Waals surface area contributed by atoms with Crippen LogP contribution in [0, 0.1) is 17.2 Å². The predicted octanol–water partition coefficient (Wildman–Crippen LogP) is 0.612. The Hall–Kier alpha value is -1.61. The molecule has 1 aromatic rings. The Morgan fingerprint density at radius 1 is 1.45 bits per heavy atom. The number of nitrogens with zero attached hydrogens (tertiary/aromatic N) is 2. The number of rotatable bonds is 6. The quantitative estimate of drug-likeness (QED) is 0.796. The van der Waals surface area contributed by atoms with Crippen molar-refractivity contribution in [3.63, 3.8) is 0 Å². The summed E-state index contributed by atoms with van der Waals surface area (Å²) in [6.07, 6.45) is 0.376. The minimum absolute atomic E-state index is 0.166. The number of nitriles is 1. The fraction of sp³-hybridized carbons (Fsp3) is 0.533. The van der Waals surface area contributed by atoms with Crippen molar-refractivity contribution in [1.82, 2.24) is 4.90 Å². The molecule has 2 N–H and O–H groups in total. The van der Waals surface area contributed by atoms with Gasteiger partial charge in [0.1, 0.15) is 24.5 Å². The summed E-state index contributed by atoms with van der Waals surface area (Å²) in [4.78, 5) is 2.13. The number of likely N-dealkylation sites (tertiary alicyclic amines) is 1. The fourth-order valence-corrected chi connectivity index (χ4v) is 2.45. The smallest absolute Gasteiger partial charge is 0.137 e. The molecule has 5 heteroatoms. The van der Waals surface area contributed by atoms with E-state index in [0.717, 1.165) is 19.5 Å². The normalized spacial score (nSPS) is 20.6. The zero-order valence-electron chi connectivity index (χ0n) is 11.4. The summed E-state index contributed by atoms with van der Waals surface area (Å²) < 4.78 is 5.50. The van der Waals surface area contributed by atoms with E-state index in [1.54, 1.807) is 24.3 Å². The Kier molecular flexibility index (Phi) is 5.36. The second-order valence-corrected chi connectivity index (χ2v) is 5.17. The van der Waals surface area contributed by atoms with Crippen molar-refractivity contribution < 1.29 is 14.9 Å². The van der Waals surface area contributed by atoms with Crippen molar-refractivity contribution in [2.24, 2.45) is 5.92 Å². The average Bonchev–Trinajstić information content (AvgIpc) is 2.93. The van der Waals surface area contributed by atoms with Crippen molar-refractivity contribution in [2.75, 3.05) is 32.8 Å². The monoisotopic (exact) mass is 276 g/mol. The molecule has 1 aromatic carbocycles. The molecule has 0 bridgehead atoms. The number of ether oxygens (including phenoxy) is 1. The number of aliphatic hydroxyl groups excluding tert-OH is 2. The number of β-amino-alcohol motifs (C(OH)–C–C–N with tert-alkyl or cyclic N) is 1. The van der Waals surface area contributed by atoms with E-state index in [1.807, 2.05) is 0 Å². The van der Waals surface area contributed by atoms with Crippen molar-refractivity contribution in [3.8, 4) is 11.8 Å². The highest BCUT2D eigenvalue weighted by atomic mass is 16.5. The molecule has 108 valence electrons. The van der Waals surface area contributed by atoms with Gasteiger partial charge < -0.3 is 19.8 Å². The number of benzene rings is 1. The zero-order valence-corrected chi connectivity index (χ0v) is 11.4. The Morgan fingerprint density at radius 3 is 2.95 bits per heavy atom. The molecular formula is C15H20N2O3. The summed E-state index contributed by atoms with van der Waals surface area (Å²) in [5.74, 6) is 0.825. The van der Waals surface area contributed by atoms with Gasteiger partial charge in [-0.1, -0.05) is 12.1 Å². The summed E-state index contributed by atoms with van der Waals surface area (Å²) >= 11 is 0. The molecule has 2 unspecified atom stereocenters. The largest absolute Gasteiger partial charge is 0.489 e. The predicted molar refractivity (Wildman–Crippen MR) is 74.3 cm³/mol. The lowest BCUT2D eigenvalue weighted by molar-refractivity contribution is 0.0734. The van der Waals surface area contributed by atoms with Gasteiger partial charge in [0.15, 0.2) is 0 Å². The Bertz CT molecular complexity index is 472. The topological polar surface area (TPSA) is 76.7 Å². The van der Waals surface area contributed by atoms with Crippen LogP contribution in [0.15, 0.2) is 24.3 Å². The molecule has 5 nitrogen and oxygen atoms in total. The first kappa shape index (κ1) is 14.8. The summed E-state index contributed by atoms with van der Waals surface area (Å²) in [5, 5.41) is 28.0. The van der Waals surface area contributed by atoms with Gasteiger partial charge in [-0.25, -0.2) is 0 Å². The average molecular weight is 276 g/mol. The SMILES string of the molecule is N#Cc1ccccc1OCC(O)CN1CCC(CO)C1. The van der Waals surface area contributed by atoms with E-state index in [-0.39, 0.29) is 13.2 Å². The first-order valence-corrected chi connectivity index (χ1v) is 6.86.